The molecule has 0 aliphatic rings. The van der Waals surface area contributed by atoms with Crippen LogP contribution in [0.15, 0.2) is 261 Å². The first-order valence-corrected chi connectivity index (χ1v) is 33.9. The summed E-state index contributed by atoms with van der Waals surface area (Å²) < 4.78 is 0. The van der Waals surface area contributed by atoms with E-state index in [0.29, 0.717) is 51.6 Å². The van der Waals surface area contributed by atoms with Gasteiger partial charge in [-0.2, -0.15) is 0 Å². The van der Waals surface area contributed by atoms with Gasteiger partial charge in [0.15, 0.2) is 29.1 Å². The van der Waals surface area contributed by atoms with Crippen LogP contribution in [0.5, 0.6) is 11.5 Å². The van der Waals surface area contributed by atoms with Gasteiger partial charge in [0.2, 0.25) is 0 Å². The molecule has 4 heterocycles. The van der Waals surface area contributed by atoms with Crippen molar-refractivity contribution in [1.82, 2.24) is 39.9 Å². The standard InChI is InChI=1S/C44H41N5O.C44H40N5O.Pt/c2*1-43(2,3)32-27-35(39(50)36(28-32)44(4,5)6)42-47-40(30-17-8-7-9-18-30)46-41(48-42)31-20-14-21-33(26-31)49(38-24-12-13-25-45-38)37-23-15-19-29-16-10-11-22-34(29)37;/h7-28,50H,1-6H3;7-25,27-28,50H,1-6H3;/q;-1;. The summed E-state index contributed by atoms with van der Waals surface area (Å²) in [4.78, 5) is 43.9. The van der Waals surface area contributed by atoms with Gasteiger partial charge < -0.3 is 15.1 Å². The molecule has 0 atom stereocenters. The summed E-state index contributed by atoms with van der Waals surface area (Å²) >= 11 is 0. The summed E-state index contributed by atoms with van der Waals surface area (Å²) in [6, 6.07) is 87.0. The van der Waals surface area contributed by atoms with Crippen molar-refractivity contribution in [2.75, 3.05) is 9.80 Å². The van der Waals surface area contributed by atoms with Gasteiger partial charge in [-0.25, -0.2) is 29.9 Å². The Hall–Kier alpha value is -11.1. The zero-order chi connectivity index (χ0) is 70.1. The van der Waals surface area contributed by atoms with Gasteiger partial charge in [0.25, 0.3) is 0 Å². The quantitative estimate of drug-likeness (QED) is 0.112. The number of rotatable bonds is 12. The fraction of sp³-hybridized carbons (Fsp3) is 0.182. The molecule has 0 saturated carbocycles. The molecule has 0 aliphatic carbocycles. The van der Waals surface area contributed by atoms with E-state index in [1.165, 1.54) is 0 Å². The predicted molar refractivity (Wildman–Crippen MR) is 409 cm³/mol. The average molecular weight is 1510 g/mol. The molecule has 0 radical (unpaired) electrons. The molecule has 10 aromatic carbocycles. The van der Waals surface area contributed by atoms with Crippen LogP contribution in [0, 0.1) is 6.07 Å². The molecule has 14 aromatic rings. The van der Waals surface area contributed by atoms with Crippen molar-refractivity contribution in [1.29, 1.82) is 0 Å². The maximum atomic E-state index is 11.8. The van der Waals surface area contributed by atoms with Crippen molar-refractivity contribution in [3.63, 3.8) is 0 Å². The van der Waals surface area contributed by atoms with E-state index in [1.807, 2.05) is 152 Å². The van der Waals surface area contributed by atoms with Gasteiger partial charge in [-0.1, -0.05) is 253 Å². The van der Waals surface area contributed by atoms with Crippen LogP contribution in [-0.4, -0.2) is 50.1 Å². The maximum absolute atomic E-state index is 11.8. The zero-order valence-corrected chi connectivity index (χ0v) is 61.3. The molecule has 0 saturated heterocycles. The minimum Gasteiger partial charge on any atom is -0.507 e. The Morgan fingerprint density at radius 2 is 0.713 bits per heavy atom. The molecule has 13 heteroatoms. The Bertz CT molecular complexity index is 4940. The molecule has 101 heavy (non-hydrogen) atoms. The number of anilines is 6. The van der Waals surface area contributed by atoms with Gasteiger partial charge in [0.1, 0.15) is 23.1 Å². The summed E-state index contributed by atoms with van der Waals surface area (Å²) in [6.07, 6.45) is 3.61. The predicted octanol–water partition coefficient (Wildman–Crippen LogP) is 22.2. The van der Waals surface area contributed by atoms with E-state index in [-0.39, 0.29) is 54.2 Å². The number of hydrogen-bond donors (Lipinski definition) is 2. The van der Waals surface area contributed by atoms with Crippen LogP contribution in [0.2, 0.25) is 0 Å². The second-order valence-electron chi connectivity index (χ2n) is 29.2. The summed E-state index contributed by atoms with van der Waals surface area (Å²) in [5.74, 6) is 4.74. The molecular formula is C88H81N10O2Pt-. The van der Waals surface area contributed by atoms with E-state index in [9.17, 15) is 10.2 Å². The maximum Gasteiger partial charge on any atom is 0.167 e. The summed E-state index contributed by atoms with van der Waals surface area (Å²) in [6.45, 7) is 25.7. The summed E-state index contributed by atoms with van der Waals surface area (Å²) in [5.41, 5.74) is 11.0. The Kier molecular flexibility index (Phi) is 19.8. The second kappa shape index (κ2) is 28.6. The molecule has 4 aromatic heterocycles. The molecule has 14 rings (SSSR count). The average Bonchev–Trinajstić information content (AvgIpc) is 0.772. The summed E-state index contributed by atoms with van der Waals surface area (Å²) in [7, 11) is 0. The van der Waals surface area contributed by atoms with Gasteiger partial charge in [-0.15, -0.1) is 29.8 Å². The molecule has 12 nitrogen and oxygen atoms in total. The third kappa shape index (κ3) is 15.1. The fourth-order valence-electron chi connectivity index (χ4n) is 12.3. The van der Waals surface area contributed by atoms with Gasteiger partial charge in [0.05, 0.1) is 28.3 Å². The molecule has 0 spiro atoms. The number of phenols is 2. The van der Waals surface area contributed by atoms with Gasteiger partial charge in [-0.05, 0) is 110 Å². The number of phenolic OH excluding ortho intramolecular Hbond substituents is 2. The first-order valence-electron chi connectivity index (χ1n) is 33.9. The number of aromatic hydroxyl groups is 2. The van der Waals surface area contributed by atoms with Crippen molar-refractivity contribution < 1.29 is 31.3 Å². The number of benzene rings is 10. The Labute approximate surface area is 607 Å². The third-order valence-electron chi connectivity index (χ3n) is 17.8. The van der Waals surface area contributed by atoms with E-state index in [4.69, 9.17) is 39.9 Å². The second-order valence-corrected chi connectivity index (χ2v) is 29.2. The molecule has 0 amide bonds. The minimum atomic E-state index is -0.309. The van der Waals surface area contributed by atoms with Crippen molar-refractivity contribution in [3.8, 4) is 79.8 Å². The third-order valence-corrected chi connectivity index (χ3v) is 17.8. The topological polar surface area (TPSA) is 150 Å². The molecule has 0 unspecified atom stereocenters. The van der Waals surface area contributed by atoms with Crippen LogP contribution in [0.1, 0.15) is 105 Å². The van der Waals surface area contributed by atoms with Crippen molar-refractivity contribution in [2.24, 2.45) is 0 Å². The van der Waals surface area contributed by atoms with Gasteiger partial charge in [0, 0.05) is 77.7 Å². The minimum absolute atomic E-state index is 0. The van der Waals surface area contributed by atoms with Crippen LogP contribution in [0.4, 0.5) is 34.4 Å². The number of nitrogens with zero attached hydrogens (tertiary/aromatic N) is 10. The van der Waals surface area contributed by atoms with Crippen LogP contribution in [0.25, 0.3) is 89.9 Å². The molecule has 506 valence electrons. The number of aromatic nitrogens is 8. The van der Waals surface area contributed by atoms with E-state index >= 15 is 0 Å². The smallest absolute Gasteiger partial charge is 0.167 e. The summed E-state index contributed by atoms with van der Waals surface area (Å²) in [5, 5.41) is 28.1. The Morgan fingerprint density at radius 3 is 1.19 bits per heavy atom. The van der Waals surface area contributed by atoms with E-state index in [1.54, 1.807) is 6.20 Å². The largest absolute Gasteiger partial charge is 0.507 e. The van der Waals surface area contributed by atoms with Gasteiger partial charge >= 0.3 is 0 Å². The Morgan fingerprint density at radius 1 is 0.327 bits per heavy atom. The van der Waals surface area contributed by atoms with Crippen LogP contribution in [-0.2, 0) is 42.7 Å². The van der Waals surface area contributed by atoms with E-state index in [2.05, 4.69) is 202 Å². The van der Waals surface area contributed by atoms with Gasteiger partial charge in [-0.3, -0.25) is 14.9 Å². The normalized spacial score (nSPS) is 11.8. The van der Waals surface area contributed by atoms with Crippen LogP contribution < -0.4 is 9.80 Å². The molecule has 0 aliphatic heterocycles. The SMILES string of the molecule is CC(C)(C)c1cc(-c2nc(-c3[c-]c(N(c4ccccn4)c4cccc5ccccc45)ccc3)nc(-c3ccccc3)n2)c(O)c(C(C)(C)C)c1.CC(C)(C)c1cc(-c2nc(-c3ccccc3)nc(-c3cccc(N(c4ccccn4)c4cccc5ccccc45)c3)n2)c(O)c(C(C)(C)C)c1.[Pt]. The number of hydrogen-bond acceptors (Lipinski definition) is 12. The van der Waals surface area contributed by atoms with Crippen molar-refractivity contribution in [3.05, 3.63) is 289 Å². The molecule has 0 fully saturated rings. The number of pyridine rings is 2. The monoisotopic (exact) mass is 1500 g/mol. The van der Waals surface area contributed by atoms with E-state index in [0.717, 1.165) is 94.9 Å². The fourth-order valence-corrected chi connectivity index (χ4v) is 12.3. The zero-order valence-electron chi connectivity index (χ0n) is 59.0. The molecular weight excluding hydrogens is 1420 g/mol. The Balaban J connectivity index is 0.000000189. The van der Waals surface area contributed by atoms with Crippen LogP contribution in [0.3, 0.4) is 0 Å². The first kappa shape index (κ1) is 69.8. The van der Waals surface area contributed by atoms with E-state index < -0.39 is 0 Å². The van der Waals surface area contributed by atoms with Crippen LogP contribution >= 0.6 is 0 Å². The van der Waals surface area contributed by atoms with Crippen molar-refractivity contribution >= 4 is 55.9 Å². The van der Waals surface area contributed by atoms with Crippen molar-refractivity contribution in [2.45, 2.75) is 105 Å². The first-order chi connectivity index (χ1) is 47.9. The molecule has 2 N–H and O–H groups in total. The molecule has 0 bridgehead atoms. The number of fused-ring (bicyclic) bond motifs is 2.